The predicted molar refractivity (Wildman–Crippen MR) is 132 cm³/mol. The van der Waals surface area contributed by atoms with Gasteiger partial charge in [-0.2, -0.15) is 4.31 Å². The van der Waals surface area contributed by atoms with E-state index in [9.17, 15) is 27.9 Å². The van der Waals surface area contributed by atoms with Crippen molar-refractivity contribution in [2.24, 2.45) is 0 Å². The van der Waals surface area contributed by atoms with E-state index in [1.165, 1.54) is 23.9 Å². The van der Waals surface area contributed by atoms with Gasteiger partial charge in [-0.25, -0.2) is 18.0 Å². The fraction of sp³-hybridized carbons (Fsp3) is 0.348. The molecule has 10 nitrogen and oxygen atoms in total. The smallest absolute Gasteiger partial charge is 0.328 e. The van der Waals surface area contributed by atoms with Gasteiger partial charge in [-0.05, 0) is 31.5 Å². The second-order valence-corrected chi connectivity index (χ2v) is 11.9. The van der Waals surface area contributed by atoms with Crippen LogP contribution in [0.5, 0.6) is 0 Å². The predicted octanol–water partition coefficient (Wildman–Crippen LogP) is 1.60. The first-order chi connectivity index (χ1) is 16.5. The number of rotatable bonds is 9. The quantitative estimate of drug-likeness (QED) is 0.393. The molecule has 3 rings (SSSR count). The molecule has 12 heteroatoms. The lowest BCUT2D eigenvalue weighted by Gasteiger charge is -2.30. The Labute approximate surface area is 208 Å². The molecule has 0 saturated carbocycles. The Balaban J connectivity index is 1.67. The SMILES string of the molecule is CC1(C)SCN(S(=O)(=O)c2ccccc2)[C@@H]1C(=O)N[C@@H](CNC(=O)NCc1ccccc1)C(=O)O. The number of carboxylic acid groups (broad SMARTS) is 1. The van der Waals surface area contributed by atoms with Crippen LogP contribution in [0.3, 0.4) is 0 Å². The normalized spacial score (nSPS) is 18.4. The van der Waals surface area contributed by atoms with Gasteiger partial charge in [0.25, 0.3) is 0 Å². The topological polar surface area (TPSA) is 145 Å². The van der Waals surface area contributed by atoms with Gasteiger partial charge in [0.05, 0.1) is 17.3 Å². The molecule has 0 unspecified atom stereocenters. The van der Waals surface area contributed by atoms with Gasteiger partial charge in [0.2, 0.25) is 15.9 Å². The van der Waals surface area contributed by atoms with E-state index in [-0.39, 0.29) is 23.9 Å². The molecular formula is C23H28N4O6S2. The number of hydrogen-bond donors (Lipinski definition) is 4. The molecule has 0 aliphatic carbocycles. The first kappa shape index (κ1) is 26.5. The van der Waals surface area contributed by atoms with Crippen LogP contribution >= 0.6 is 11.8 Å². The molecule has 188 valence electrons. The van der Waals surface area contributed by atoms with E-state index < -0.39 is 44.8 Å². The number of urea groups is 1. The summed E-state index contributed by atoms with van der Waals surface area (Å²) in [4.78, 5) is 37.1. The van der Waals surface area contributed by atoms with Gasteiger partial charge >= 0.3 is 12.0 Å². The zero-order valence-electron chi connectivity index (χ0n) is 19.3. The van der Waals surface area contributed by atoms with E-state index >= 15 is 0 Å². The van der Waals surface area contributed by atoms with Crippen LogP contribution in [0.15, 0.2) is 65.6 Å². The van der Waals surface area contributed by atoms with Gasteiger partial charge in [-0.15, -0.1) is 11.8 Å². The van der Waals surface area contributed by atoms with Crippen LogP contribution in [0, 0.1) is 0 Å². The van der Waals surface area contributed by atoms with Crippen molar-refractivity contribution in [1.82, 2.24) is 20.3 Å². The maximum atomic E-state index is 13.2. The summed E-state index contributed by atoms with van der Waals surface area (Å²) in [7, 11) is -3.99. The van der Waals surface area contributed by atoms with Crippen molar-refractivity contribution in [3.05, 3.63) is 66.2 Å². The average Bonchev–Trinajstić information content (AvgIpc) is 3.17. The lowest BCUT2D eigenvalue weighted by molar-refractivity contribution is -0.142. The molecule has 35 heavy (non-hydrogen) atoms. The van der Waals surface area contributed by atoms with E-state index in [0.717, 1.165) is 9.87 Å². The summed E-state index contributed by atoms with van der Waals surface area (Å²) in [5, 5.41) is 17.0. The molecule has 1 aliphatic heterocycles. The van der Waals surface area contributed by atoms with Gasteiger partial charge in [-0.3, -0.25) is 4.79 Å². The number of carboxylic acids is 1. The lowest BCUT2D eigenvalue weighted by Crippen LogP contribution is -2.58. The summed E-state index contributed by atoms with van der Waals surface area (Å²) in [6, 6.07) is 13.7. The summed E-state index contributed by atoms with van der Waals surface area (Å²) in [5.41, 5.74) is 0.867. The first-order valence-corrected chi connectivity index (χ1v) is 13.2. The highest BCUT2D eigenvalue weighted by atomic mass is 32.2. The minimum atomic E-state index is -3.99. The third-order valence-corrected chi connectivity index (χ3v) is 8.85. The number of sulfonamides is 1. The molecule has 0 radical (unpaired) electrons. The number of carbonyl (C=O) groups is 3. The Bertz CT molecular complexity index is 1160. The van der Waals surface area contributed by atoms with Crippen LogP contribution in [-0.2, 0) is 26.2 Å². The molecule has 0 spiro atoms. The number of thioether (sulfide) groups is 1. The van der Waals surface area contributed by atoms with Crippen molar-refractivity contribution in [2.45, 2.75) is 42.1 Å². The van der Waals surface area contributed by atoms with E-state index in [1.54, 1.807) is 32.0 Å². The molecule has 2 aromatic carbocycles. The molecule has 1 aliphatic rings. The molecule has 1 heterocycles. The Kier molecular flexibility index (Phi) is 8.41. The summed E-state index contributed by atoms with van der Waals surface area (Å²) >= 11 is 1.28. The number of benzene rings is 2. The zero-order chi connectivity index (χ0) is 25.6. The van der Waals surface area contributed by atoms with Crippen molar-refractivity contribution >= 4 is 39.7 Å². The van der Waals surface area contributed by atoms with E-state index in [4.69, 9.17) is 0 Å². The summed E-state index contributed by atoms with van der Waals surface area (Å²) in [6.45, 7) is 3.32. The third-order valence-electron chi connectivity index (χ3n) is 5.49. The standard InChI is InChI=1S/C23H28N4O6S2/c1-23(2)19(27(15-34-23)35(32,33)17-11-7-4-8-12-17)20(28)26-18(21(29)30)14-25-22(31)24-13-16-9-5-3-6-10-16/h3-12,18-19H,13-15H2,1-2H3,(H,26,28)(H,29,30)(H2,24,25,31)/t18-,19+/m0/s1. The molecule has 2 aromatic rings. The summed E-state index contributed by atoms with van der Waals surface area (Å²) < 4.78 is 26.7. The molecule has 0 bridgehead atoms. The molecule has 1 fully saturated rings. The monoisotopic (exact) mass is 520 g/mol. The van der Waals surface area contributed by atoms with Crippen LogP contribution in [-0.4, -0.2) is 65.0 Å². The van der Waals surface area contributed by atoms with Crippen molar-refractivity contribution in [3.63, 3.8) is 0 Å². The van der Waals surface area contributed by atoms with Crippen molar-refractivity contribution in [3.8, 4) is 0 Å². The number of amides is 3. The van der Waals surface area contributed by atoms with E-state index in [0.29, 0.717) is 0 Å². The van der Waals surface area contributed by atoms with Crippen molar-refractivity contribution < 1.29 is 27.9 Å². The van der Waals surface area contributed by atoms with Gasteiger partial charge in [0.1, 0.15) is 12.1 Å². The Morgan fingerprint density at radius 2 is 1.66 bits per heavy atom. The number of nitrogens with one attached hydrogen (secondary N) is 3. The molecule has 2 atom stereocenters. The van der Waals surface area contributed by atoms with Gasteiger partial charge in [-0.1, -0.05) is 48.5 Å². The van der Waals surface area contributed by atoms with Crippen molar-refractivity contribution in [1.29, 1.82) is 0 Å². The highest BCUT2D eigenvalue weighted by Crippen LogP contribution is 2.42. The second kappa shape index (κ2) is 11.1. The van der Waals surface area contributed by atoms with Crippen molar-refractivity contribution in [2.75, 3.05) is 12.4 Å². The Hall–Kier alpha value is -3.09. The molecule has 3 amide bonds. The number of hydrogen-bond acceptors (Lipinski definition) is 6. The minimum Gasteiger partial charge on any atom is -0.480 e. The van der Waals surface area contributed by atoms with E-state index in [1.807, 2.05) is 30.3 Å². The van der Waals surface area contributed by atoms with Crippen LogP contribution in [0.4, 0.5) is 4.79 Å². The molecular weight excluding hydrogens is 492 g/mol. The van der Waals surface area contributed by atoms with Gasteiger partial charge in [0, 0.05) is 11.3 Å². The first-order valence-electron chi connectivity index (χ1n) is 10.8. The minimum absolute atomic E-state index is 0.0419. The van der Waals surface area contributed by atoms with Crippen LogP contribution in [0.2, 0.25) is 0 Å². The largest absolute Gasteiger partial charge is 0.480 e. The zero-order valence-corrected chi connectivity index (χ0v) is 20.9. The fourth-order valence-electron chi connectivity index (χ4n) is 3.60. The maximum Gasteiger partial charge on any atom is 0.328 e. The number of carbonyl (C=O) groups excluding carboxylic acids is 2. The average molecular weight is 521 g/mol. The van der Waals surface area contributed by atoms with Gasteiger partial charge in [0.15, 0.2) is 0 Å². The number of aliphatic carboxylic acids is 1. The highest BCUT2D eigenvalue weighted by molar-refractivity contribution is 8.02. The van der Waals surface area contributed by atoms with E-state index in [2.05, 4.69) is 16.0 Å². The van der Waals surface area contributed by atoms with Crippen LogP contribution in [0.1, 0.15) is 19.4 Å². The molecule has 0 aromatic heterocycles. The van der Waals surface area contributed by atoms with Gasteiger partial charge < -0.3 is 21.1 Å². The Morgan fingerprint density at radius 1 is 1.06 bits per heavy atom. The molecule has 1 saturated heterocycles. The maximum absolute atomic E-state index is 13.2. The van der Waals surface area contributed by atoms with Crippen LogP contribution < -0.4 is 16.0 Å². The fourth-order valence-corrected chi connectivity index (χ4v) is 6.79. The second-order valence-electron chi connectivity index (χ2n) is 8.43. The Morgan fingerprint density at radius 3 is 2.26 bits per heavy atom. The summed E-state index contributed by atoms with van der Waals surface area (Å²) in [6.07, 6.45) is 0. The third kappa shape index (κ3) is 6.53. The lowest BCUT2D eigenvalue weighted by atomic mass is 10.0. The summed E-state index contributed by atoms with van der Waals surface area (Å²) in [5.74, 6) is -2.07. The highest BCUT2D eigenvalue weighted by Gasteiger charge is 2.51. The van der Waals surface area contributed by atoms with Crippen LogP contribution in [0.25, 0.3) is 0 Å². The number of nitrogens with zero attached hydrogens (tertiary/aromatic N) is 1. The molecule has 4 N–H and O–H groups in total.